The smallest absolute Gasteiger partial charge is 0.255 e. The highest BCUT2D eigenvalue weighted by Crippen LogP contribution is 2.25. The predicted octanol–water partition coefficient (Wildman–Crippen LogP) is 2.89. The van der Waals surface area contributed by atoms with E-state index in [4.69, 9.17) is 9.47 Å². The van der Waals surface area contributed by atoms with Crippen molar-refractivity contribution in [2.75, 3.05) is 27.3 Å². The predicted molar refractivity (Wildman–Crippen MR) is 122 cm³/mol. The minimum Gasteiger partial charge on any atom is -0.497 e. The molecule has 1 N–H and O–H groups in total. The molecule has 1 amide bonds. The molecular weight excluding hydrogens is 406 g/mol. The standard InChI is InChI=1S/C24H29N5O3/c1-28-19(13-22(27-28)17-5-4-10-25-15-17)16-29-11-8-18(9-12-29)26-24(30)21-7-6-20(31-2)14-23(21)32-3/h4-7,10,13-15,18H,8-9,11-12,16H2,1-3H3,(H,26,30). The third-order valence-corrected chi connectivity index (χ3v) is 5.90. The number of carbonyl (C=O) groups excluding carboxylic acids is 1. The molecule has 1 fully saturated rings. The SMILES string of the molecule is COc1ccc(C(=O)NC2CCN(Cc3cc(-c4cccnc4)nn3C)CC2)c(OC)c1. The Morgan fingerprint density at radius 1 is 1.16 bits per heavy atom. The molecule has 0 aliphatic carbocycles. The summed E-state index contributed by atoms with van der Waals surface area (Å²) in [5.41, 5.74) is 3.64. The molecule has 32 heavy (non-hydrogen) atoms. The summed E-state index contributed by atoms with van der Waals surface area (Å²) in [6.07, 6.45) is 5.40. The molecule has 2 aromatic heterocycles. The summed E-state index contributed by atoms with van der Waals surface area (Å²) in [5.74, 6) is 1.06. The van der Waals surface area contributed by atoms with Crippen LogP contribution in [0.25, 0.3) is 11.3 Å². The van der Waals surface area contributed by atoms with Gasteiger partial charge in [-0.2, -0.15) is 5.10 Å². The number of methoxy groups -OCH3 is 2. The number of nitrogens with one attached hydrogen (secondary N) is 1. The Hall–Kier alpha value is -3.39. The number of nitrogens with zero attached hydrogens (tertiary/aromatic N) is 4. The summed E-state index contributed by atoms with van der Waals surface area (Å²) in [4.78, 5) is 19.4. The molecule has 3 aromatic rings. The van der Waals surface area contributed by atoms with Crippen molar-refractivity contribution in [3.05, 3.63) is 60.0 Å². The Kier molecular flexibility index (Phi) is 6.70. The van der Waals surface area contributed by atoms with E-state index in [0.717, 1.165) is 49.4 Å². The van der Waals surface area contributed by atoms with Gasteiger partial charge in [0.2, 0.25) is 0 Å². The van der Waals surface area contributed by atoms with Gasteiger partial charge in [0.05, 0.1) is 31.2 Å². The van der Waals surface area contributed by atoms with Crippen molar-refractivity contribution in [1.29, 1.82) is 0 Å². The van der Waals surface area contributed by atoms with Crippen molar-refractivity contribution in [1.82, 2.24) is 25.0 Å². The average Bonchev–Trinajstić information content (AvgIpc) is 3.20. The summed E-state index contributed by atoms with van der Waals surface area (Å²) in [6.45, 7) is 2.66. The molecule has 0 bridgehead atoms. The Labute approximate surface area is 188 Å². The lowest BCUT2D eigenvalue weighted by atomic mass is 10.0. The van der Waals surface area contributed by atoms with Gasteiger partial charge in [0, 0.05) is 56.7 Å². The Morgan fingerprint density at radius 2 is 1.97 bits per heavy atom. The third kappa shape index (κ3) is 4.91. The van der Waals surface area contributed by atoms with E-state index in [1.165, 1.54) is 0 Å². The van der Waals surface area contributed by atoms with Crippen molar-refractivity contribution in [2.45, 2.75) is 25.4 Å². The zero-order chi connectivity index (χ0) is 22.5. The van der Waals surface area contributed by atoms with Crippen molar-refractivity contribution >= 4 is 5.91 Å². The van der Waals surface area contributed by atoms with Crippen LogP contribution in [0.1, 0.15) is 28.9 Å². The zero-order valence-electron chi connectivity index (χ0n) is 18.7. The summed E-state index contributed by atoms with van der Waals surface area (Å²) >= 11 is 0. The van der Waals surface area contributed by atoms with Crippen LogP contribution in [-0.2, 0) is 13.6 Å². The van der Waals surface area contributed by atoms with Crippen LogP contribution in [0.4, 0.5) is 0 Å². The van der Waals surface area contributed by atoms with Crippen LogP contribution in [0.3, 0.4) is 0 Å². The minimum absolute atomic E-state index is 0.115. The lowest BCUT2D eigenvalue weighted by Gasteiger charge is -2.32. The average molecular weight is 436 g/mol. The van der Waals surface area contributed by atoms with Gasteiger partial charge in [-0.1, -0.05) is 0 Å². The molecule has 0 saturated carbocycles. The van der Waals surface area contributed by atoms with E-state index in [1.807, 2.05) is 30.1 Å². The molecule has 0 spiro atoms. The van der Waals surface area contributed by atoms with E-state index in [-0.39, 0.29) is 11.9 Å². The molecule has 8 heteroatoms. The van der Waals surface area contributed by atoms with Crippen LogP contribution in [0.5, 0.6) is 11.5 Å². The summed E-state index contributed by atoms with van der Waals surface area (Å²) in [7, 11) is 5.13. The number of pyridine rings is 1. The molecule has 168 valence electrons. The largest absolute Gasteiger partial charge is 0.497 e. The van der Waals surface area contributed by atoms with Gasteiger partial charge in [-0.3, -0.25) is 19.4 Å². The molecule has 0 unspecified atom stereocenters. The maximum Gasteiger partial charge on any atom is 0.255 e. The Morgan fingerprint density at radius 3 is 2.66 bits per heavy atom. The zero-order valence-corrected chi connectivity index (χ0v) is 18.7. The molecule has 1 aliphatic rings. The molecule has 0 atom stereocenters. The van der Waals surface area contributed by atoms with E-state index in [9.17, 15) is 4.79 Å². The second kappa shape index (κ2) is 9.82. The first-order valence-electron chi connectivity index (χ1n) is 10.8. The van der Waals surface area contributed by atoms with Gasteiger partial charge in [-0.15, -0.1) is 0 Å². The topological polar surface area (TPSA) is 81.5 Å². The first-order chi connectivity index (χ1) is 15.6. The van der Waals surface area contributed by atoms with E-state index in [0.29, 0.717) is 17.1 Å². The quantitative estimate of drug-likeness (QED) is 0.615. The van der Waals surface area contributed by atoms with E-state index >= 15 is 0 Å². The summed E-state index contributed by atoms with van der Waals surface area (Å²) in [5, 5.41) is 7.79. The van der Waals surface area contributed by atoms with Gasteiger partial charge in [-0.05, 0) is 43.2 Å². The lowest BCUT2D eigenvalue weighted by Crippen LogP contribution is -2.44. The second-order valence-electron chi connectivity index (χ2n) is 7.98. The molecular formula is C24H29N5O3. The first-order valence-corrected chi connectivity index (χ1v) is 10.8. The van der Waals surface area contributed by atoms with Crippen LogP contribution in [0.2, 0.25) is 0 Å². The molecule has 0 radical (unpaired) electrons. The van der Waals surface area contributed by atoms with Gasteiger partial charge in [0.15, 0.2) is 0 Å². The Balaban J connectivity index is 1.32. The normalized spacial score (nSPS) is 14.8. The number of aromatic nitrogens is 3. The fraction of sp³-hybridized carbons (Fsp3) is 0.375. The van der Waals surface area contributed by atoms with Gasteiger partial charge >= 0.3 is 0 Å². The van der Waals surface area contributed by atoms with Crippen molar-refractivity contribution in [3.63, 3.8) is 0 Å². The highest BCUT2D eigenvalue weighted by molar-refractivity contribution is 5.97. The lowest BCUT2D eigenvalue weighted by molar-refractivity contribution is 0.0905. The number of benzene rings is 1. The van der Waals surface area contributed by atoms with Crippen LogP contribution in [-0.4, -0.2) is 58.9 Å². The van der Waals surface area contributed by atoms with Crippen molar-refractivity contribution < 1.29 is 14.3 Å². The number of carbonyl (C=O) groups is 1. The highest BCUT2D eigenvalue weighted by atomic mass is 16.5. The summed E-state index contributed by atoms with van der Waals surface area (Å²) < 4.78 is 12.5. The number of hydrogen-bond donors (Lipinski definition) is 1. The van der Waals surface area contributed by atoms with E-state index in [1.54, 1.807) is 38.6 Å². The number of ether oxygens (including phenoxy) is 2. The maximum atomic E-state index is 12.8. The third-order valence-electron chi connectivity index (χ3n) is 5.90. The minimum atomic E-state index is -0.115. The van der Waals surface area contributed by atoms with Crippen LogP contribution < -0.4 is 14.8 Å². The van der Waals surface area contributed by atoms with Gasteiger partial charge in [0.25, 0.3) is 5.91 Å². The molecule has 4 rings (SSSR count). The van der Waals surface area contributed by atoms with Crippen molar-refractivity contribution in [3.8, 4) is 22.8 Å². The fourth-order valence-corrected chi connectivity index (χ4v) is 4.02. The number of hydrogen-bond acceptors (Lipinski definition) is 6. The fourth-order valence-electron chi connectivity index (χ4n) is 4.02. The van der Waals surface area contributed by atoms with E-state index in [2.05, 4.69) is 26.4 Å². The number of rotatable bonds is 7. The Bertz CT molecular complexity index is 1060. The van der Waals surface area contributed by atoms with Gasteiger partial charge in [-0.25, -0.2) is 0 Å². The molecule has 1 saturated heterocycles. The second-order valence-corrected chi connectivity index (χ2v) is 7.98. The molecule has 1 aliphatic heterocycles. The maximum absolute atomic E-state index is 12.8. The summed E-state index contributed by atoms with van der Waals surface area (Å²) in [6, 6.07) is 11.4. The van der Waals surface area contributed by atoms with Gasteiger partial charge in [0.1, 0.15) is 11.5 Å². The van der Waals surface area contributed by atoms with E-state index < -0.39 is 0 Å². The van der Waals surface area contributed by atoms with Crippen molar-refractivity contribution in [2.24, 2.45) is 7.05 Å². The number of piperidine rings is 1. The monoisotopic (exact) mass is 435 g/mol. The van der Waals surface area contributed by atoms with Crippen LogP contribution in [0.15, 0.2) is 48.8 Å². The number of amides is 1. The highest BCUT2D eigenvalue weighted by Gasteiger charge is 2.23. The molecule has 8 nitrogen and oxygen atoms in total. The molecule has 1 aromatic carbocycles. The first kappa shape index (κ1) is 21.8. The number of likely N-dealkylation sites (tertiary alicyclic amines) is 1. The number of aryl methyl sites for hydroxylation is 1. The van der Waals surface area contributed by atoms with Gasteiger partial charge < -0.3 is 14.8 Å². The van der Waals surface area contributed by atoms with Crippen LogP contribution in [0, 0.1) is 0 Å². The molecule has 3 heterocycles. The van der Waals surface area contributed by atoms with Crippen LogP contribution >= 0.6 is 0 Å².